The van der Waals surface area contributed by atoms with Crippen LogP contribution in [0.1, 0.15) is 12.5 Å². The maximum atomic E-state index is 11.0. The molecular formula is C17H15N5OS. The molecule has 3 rings (SSSR count). The molecule has 2 heterocycles. The topological polar surface area (TPSA) is 79.3 Å². The number of hydrogen-bond acceptors (Lipinski definition) is 6. The van der Waals surface area contributed by atoms with Crippen LogP contribution >= 0.6 is 11.3 Å². The molecule has 0 unspecified atom stereocenters. The molecule has 6 nitrogen and oxygen atoms in total. The summed E-state index contributed by atoms with van der Waals surface area (Å²) in [6.45, 7) is 1.48. The van der Waals surface area contributed by atoms with Gasteiger partial charge in [0.1, 0.15) is 0 Å². The lowest BCUT2D eigenvalue weighted by Gasteiger charge is -2.02. The van der Waals surface area contributed by atoms with Crippen molar-refractivity contribution in [1.29, 1.82) is 0 Å². The smallest absolute Gasteiger partial charge is 0.221 e. The molecule has 0 aliphatic carbocycles. The molecule has 2 N–H and O–H groups in total. The first kappa shape index (κ1) is 15.8. The highest BCUT2D eigenvalue weighted by atomic mass is 32.1. The number of aromatic nitrogens is 2. The third-order valence-corrected chi connectivity index (χ3v) is 3.81. The number of nitrogens with one attached hydrogen (secondary N) is 2. The number of amides is 1. The highest BCUT2D eigenvalue weighted by Gasteiger charge is 2.04. The average Bonchev–Trinajstić information content (AvgIpc) is 3.05. The largest absolute Gasteiger partial charge is 0.326 e. The zero-order valence-corrected chi connectivity index (χ0v) is 13.7. The Morgan fingerprint density at radius 2 is 2.08 bits per heavy atom. The fourth-order valence-corrected chi connectivity index (χ4v) is 2.67. The van der Waals surface area contributed by atoms with Gasteiger partial charge in [0.05, 0.1) is 11.9 Å². The molecule has 0 aliphatic rings. The van der Waals surface area contributed by atoms with E-state index < -0.39 is 0 Å². The number of carbonyl (C=O) groups excluding carboxylic acids is 1. The van der Waals surface area contributed by atoms with Crippen molar-refractivity contribution in [2.24, 2.45) is 5.10 Å². The molecule has 24 heavy (non-hydrogen) atoms. The minimum Gasteiger partial charge on any atom is -0.326 e. The fraction of sp³-hybridized carbons (Fsp3) is 0.0588. The van der Waals surface area contributed by atoms with Gasteiger partial charge in [-0.05, 0) is 18.2 Å². The van der Waals surface area contributed by atoms with Crippen LogP contribution in [-0.4, -0.2) is 22.1 Å². The van der Waals surface area contributed by atoms with E-state index in [0.29, 0.717) is 5.13 Å². The summed E-state index contributed by atoms with van der Waals surface area (Å²) < 4.78 is 0. The van der Waals surface area contributed by atoms with E-state index in [4.69, 9.17) is 0 Å². The molecule has 0 saturated carbocycles. The van der Waals surface area contributed by atoms with Gasteiger partial charge in [-0.3, -0.25) is 15.2 Å². The summed E-state index contributed by atoms with van der Waals surface area (Å²) in [6, 6.07) is 11.3. The predicted octanol–water partition coefficient (Wildman–Crippen LogP) is 3.61. The Morgan fingerprint density at radius 3 is 2.79 bits per heavy atom. The number of benzene rings is 1. The number of thiazole rings is 1. The second-order valence-corrected chi connectivity index (χ2v) is 5.81. The normalized spacial score (nSPS) is 10.7. The highest BCUT2D eigenvalue weighted by Crippen LogP contribution is 2.25. The molecule has 2 aromatic heterocycles. The number of rotatable bonds is 5. The summed E-state index contributed by atoms with van der Waals surface area (Å²) in [5, 5.41) is 9.55. The minimum atomic E-state index is -0.0885. The first-order valence-electron chi connectivity index (χ1n) is 7.23. The number of hydrazone groups is 1. The van der Waals surface area contributed by atoms with Gasteiger partial charge >= 0.3 is 0 Å². The van der Waals surface area contributed by atoms with Gasteiger partial charge in [-0.15, -0.1) is 11.3 Å². The fourth-order valence-electron chi connectivity index (χ4n) is 2.00. The maximum Gasteiger partial charge on any atom is 0.221 e. The summed E-state index contributed by atoms with van der Waals surface area (Å²) in [5.41, 5.74) is 6.42. The molecule has 0 spiro atoms. The lowest BCUT2D eigenvalue weighted by molar-refractivity contribution is -0.114. The van der Waals surface area contributed by atoms with Gasteiger partial charge in [-0.1, -0.05) is 18.2 Å². The van der Waals surface area contributed by atoms with Gasteiger partial charge in [0.25, 0.3) is 0 Å². The molecule has 3 aromatic rings. The summed E-state index contributed by atoms with van der Waals surface area (Å²) in [5.74, 6) is -0.0885. The van der Waals surface area contributed by atoms with Crippen molar-refractivity contribution in [3.8, 4) is 11.3 Å². The van der Waals surface area contributed by atoms with Crippen LogP contribution in [0.15, 0.2) is 59.3 Å². The lowest BCUT2D eigenvalue weighted by atomic mass is 10.1. The van der Waals surface area contributed by atoms with Crippen LogP contribution in [-0.2, 0) is 4.79 Å². The molecule has 0 radical (unpaired) electrons. The molecule has 0 aliphatic heterocycles. The van der Waals surface area contributed by atoms with E-state index >= 15 is 0 Å². The minimum absolute atomic E-state index is 0.0885. The van der Waals surface area contributed by atoms with Crippen molar-refractivity contribution >= 4 is 34.3 Å². The maximum absolute atomic E-state index is 11.0. The zero-order chi connectivity index (χ0) is 16.8. The zero-order valence-electron chi connectivity index (χ0n) is 12.9. The third-order valence-electron chi connectivity index (χ3n) is 3.06. The Bertz CT molecular complexity index is 843. The Balaban J connectivity index is 1.65. The van der Waals surface area contributed by atoms with Crippen LogP contribution in [0, 0.1) is 0 Å². The van der Waals surface area contributed by atoms with Gasteiger partial charge in [-0.2, -0.15) is 5.10 Å². The first-order chi connectivity index (χ1) is 11.7. The van der Waals surface area contributed by atoms with Gasteiger partial charge in [0.2, 0.25) is 11.0 Å². The monoisotopic (exact) mass is 337 g/mol. The van der Waals surface area contributed by atoms with Gasteiger partial charge in [0.15, 0.2) is 0 Å². The molecule has 1 amide bonds. The van der Waals surface area contributed by atoms with E-state index in [1.54, 1.807) is 18.6 Å². The van der Waals surface area contributed by atoms with Crippen molar-refractivity contribution < 1.29 is 4.79 Å². The van der Waals surface area contributed by atoms with Gasteiger partial charge in [-0.25, -0.2) is 4.98 Å². The quantitative estimate of drug-likeness (QED) is 0.550. The molecule has 1 aromatic carbocycles. The predicted molar refractivity (Wildman–Crippen MR) is 97.3 cm³/mol. The van der Waals surface area contributed by atoms with Crippen molar-refractivity contribution in [2.75, 3.05) is 10.7 Å². The van der Waals surface area contributed by atoms with Crippen LogP contribution in [0.3, 0.4) is 0 Å². The molecule has 7 heteroatoms. The second kappa shape index (κ2) is 7.47. The van der Waals surface area contributed by atoms with E-state index in [9.17, 15) is 4.79 Å². The van der Waals surface area contributed by atoms with Gasteiger partial charge in [0, 0.05) is 41.5 Å². The molecule has 120 valence electrons. The van der Waals surface area contributed by atoms with Crippen LogP contribution in [0.4, 0.5) is 10.8 Å². The first-order valence-corrected chi connectivity index (χ1v) is 8.11. The van der Waals surface area contributed by atoms with E-state index in [2.05, 4.69) is 25.8 Å². The van der Waals surface area contributed by atoms with Crippen molar-refractivity contribution in [1.82, 2.24) is 9.97 Å². The molecule has 0 bridgehead atoms. The summed E-state index contributed by atoms with van der Waals surface area (Å²) in [6.07, 6.45) is 5.14. The van der Waals surface area contributed by atoms with E-state index in [1.165, 1.54) is 18.3 Å². The number of nitrogens with zero attached hydrogens (tertiary/aromatic N) is 3. The summed E-state index contributed by atoms with van der Waals surface area (Å²) in [4.78, 5) is 19.5. The van der Waals surface area contributed by atoms with E-state index in [-0.39, 0.29) is 5.91 Å². The van der Waals surface area contributed by atoms with Gasteiger partial charge < -0.3 is 5.32 Å². The van der Waals surface area contributed by atoms with Crippen LogP contribution in [0.5, 0.6) is 0 Å². The molecule has 0 saturated heterocycles. The van der Waals surface area contributed by atoms with Crippen LogP contribution in [0.25, 0.3) is 11.3 Å². The number of carbonyl (C=O) groups is 1. The van der Waals surface area contributed by atoms with Crippen molar-refractivity contribution in [3.63, 3.8) is 0 Å². The van der Waals surface area contributed by atoms with Crippen molar-refractivity contribution in [3.05, 3.63) is 59.7 Å². The Morgan fingerprint density at radius 1 is 1.25 bits per heavy atom. The Labute approximate surface area is 143 Å². The third kappa shape index (κ3) is 4.23. The standard InChI is InChI=1S/C17H15N5OS/c1-12(23)20-15-6-4-14(5-7-15)16-11-24-17(21-16)22-19-10-13-3-2-8-18-9-13/h2-11H,1H3,(H,20,23)(H,21,22)/b19-10-. The Hall–Kier alpha value is -3.06. The van der Waals surface area contributed by atoms with Crippen LogP contribution in [0.2, 0.25) is 0 Å². The SMILES string of the molecule is CC(=O)Nc1ccc(-c2csc(N/N=C\c3cccnc3)n2)cc1. The average molecular weight is 337 g/mol. The summed E-state index contributed by atoms with van der Waals surface area (Å²) >= 11 is 1.47. The molecular weight excluding hydrogens is 322 g/mol. The number of hydrogen-bond donors (Lipinski definition) is 2. The van der Waals surface area contributed by atoms with E-state index in [0.717, 1.165) is 22.5 Å². The summed E-state index contributed by atoms with van der Waals surface area (Å²) in [7, 11) is 0. The van der Waals surface area contributed by atoms with E-state index in [1.807, 2.05) is 41.8 Å². The Kier molecular flexibility index (Phi) is 4.93. The number of anilines is 2. The van der Waals surface area contributed by atoms with Crippen molar-refractivity contribution in [2.45, 2.75) is 6.92 Å². The highest BCUT2D eigenvalue weighted by molar-refractivity contribution is 7.14. The number of pyridine rings is 1. The molecule has 0 fully saturated rings. The molecule has 0 atom stereocenters. The lowest BCUT2D eigenvalue weighted by Crippen LogP contribution is -2.05. The second-order valence-electron chi connectivity index (χ2n) is 4.95. The van der Waals surface area contributed by atoms with Crippen LogP contribution < -0.4 is 10.7 Å².